The second kappa shape index (κ2) is 4.09. The number of aromatic hydroxyl groups is 1. The van der Waals surface area contributed by atoms with Crippen molar-refractivity contribution in [1.29, 1.82) is 0 Å². The number of benzene rings is 1. The first-order chi connectivity index (χ1) is 7.58. The van der Waals surface area contributed by atoms with Crippen molar-refractivity contribution in [3.05, 3.63) is 29.6 Å². The lowest BCUT2D eigenvalue weighted by atomic mass is 10.1. The van der Waals surface area contributed by atoms with E-state index in [1.807, 2.05) is 0 Å². The van der Waals surface area contributed by atoms with Gasteiger partial charge in [0.1, 0.15) is 11.6 Å². The lowest BCUT2D eigenvalue weighted by Crippen LogP contribution is -2.31. The molecule has 0 aromatic heterocycles. The Kier molecular flexibility index (Phi) is 2.78. The number of phenolic OH excluding ortho intramolecular Hbond substituents is 1. The summed E-state index contributed by atoms with van der Waals surface area (Å²) in [5.74, 6) is -1.11. The Hall–Kier alpha value is -1.62. The highest BCUT2D eigenvalue weighted by atomic mass is 19.1. The van der Waals surface area contributed by atoms with Gasteiger partial charge < -0.3 is 15.7 Å². The van der Waals surface area contributed by atoms with Gasteiger partial charge in [0.05, 0.1) is 5.56 Å². The standard InChI is InChI=1S/C11H13FN2O2/c12-7-1-2-10(15)9(5-7)11(16)14-4-3-8(13)6-14/h1-2,5,8,15H,3-4,6,13H2/t8-/m0/s1. The number of rotatable bonds is 1. The molecule has 0 radical (unpaired) electrons. The number of likely N-dealkylation sites (tertiary alicyclic amines) is 1. The van der Waals surface area contributed by atoms with Gasteiger partial charge in [-0.1, -0.05) is 0 Å². The van der Waals surface area contributed by atoms with E-state index < -0.39 is 5.82 Å². The molecule has 16 heavy (non-hydrogen) atoms. The molecule has 0 unspecified atom stereocenters. The van der Waals surface area contributed by atoms with Crippen LogP contribution < -0.4 is 5.73 Å². The smallest absolute Gasteiger partial charge is 0.257 e. The van der Waals surface area contributed by atoms with Crippen LogP contribution in [0.15, 0.2) is 18.2 Å². The fourth-order valence-electron chi connectivity index (χ4n) is 1.82. The van der Waals surface area contributed by atoms with Gasteiger partial charge in [-0.3, -0.25) is 4.79 Å². The fourth-order valence-corrected chi connectivity index (χ4v) is 1.82. The lowest BCUT2D eigenvalue weighted by molar-refractivity contribution is 0.0787. The molecule has 1 aliphatic heterocycles. The minimum atomic E-state index is -0.537. The highest BCUT2D eigenvalue weighted by Gasteiger charge is 2.26. The summed E-state index contributed by atoms with van der Waals surface area (Å²) in [6, 6.07) is 3.31. The third-order valence-corrected chi connectivity index (χ3v) is 2.70. The molecule has 1 aromatic rings. The molecule has 0 aliphatic carbocycles. The Morgan fingerprint density at radius 2 is 2.31 bits per heavy atom. The van der Waals surface area contributed by atoms with Crippen LogP contribution in [0.4, 0.5) is 4.39 Å². The first kappa shape index (κ1) is 10.9. The highest BCUT2D eigenvalue weighted by molar-refractivity contribution is 5.97. The summed E-state index contributed by atoms with van der Waals surface area (Å²) >= 11 is 0. The van der Waals surface area contributed by atoms with E-state index in [9.17, 15) is 14.3 Å². The zero-order chi connectivity index (χ0) is 11.7. The average molecular weight is 224 g/mol. The number of nitrogens with two attached hydrogens (primary N) is 1. The van der Waals surface area contributed by atoms with Crippen LogP contribution in [0.5, 0.6) is 5.75 Å². The molecule has 1 atom stereocenters. The van der Waals surface area contributed by atoms with Crippen molar-refractivity contribution in [2.24, 2.45) is 5.73 Å². The largest absolute Gasteiger partial charge is 0.507 e. The van der Waals surface area contributed by atoms with Crippen LogP contribution in [0.1, 0.15) is 16.8 Å². The number of carbonyl (C=O) groups excluding carboxylic acids is 1. The quantitative estimate of drug-likeness (QED) is 0.738. The lowest BCUT2D eigenvalue weighted by Gasteiger charge is -2.16. The molecule has 1 amide bonds. The maximum absolute atomic E-state index is 13.0. The summed E-state index contributed by atoms with van der Waals surface area (Å²) in [6.45, 7) is 1.00. The second-order valence-corrected chi connectivity index (χ2v) is 3.96. The van der Waals surface area contributed by atoms with Crippen molar-refractivity contribution < 1.29 is 14.3 Å². The van der Waals surface area contributed by atoms with E-state index in [0.717, 1.165) is 18.6 Å². The molecule has 1 heterocycles. The number of nitrogens with zero attached hydrogens (tertiary/aromatic N) is 1. The van der Waals surface area contributed by atoms with Crippen LogP contribution in [0.2, 0.25) is 0 Å². The molecular weight excluding hydrogens is 211 g/mol. The number of amides is 1. The zero-order valence-electron chi connectivity index (χ0n) is 8.69. The third-order valence-electron chi connectivity index (χ3n) is 2.70. The first-order valence-electron chi connectivity index (χ1n) is 5.11. The number of hydrogen-bond acceptors (Lipinski definition) is 3. The molecule has 4 nitrogen and oxygen atoms in total. The van der Waals surface area contributed by atoms with Crippen molar-refractivity contribution >= 4 is 5.91 Å². The normalized spacial score (nSPS) is 20.1. The van der Waals surface area contributed by atoms with Crippen LogP contribution in [0.3, 0.4) is 0 Å². The second-order valence-electron chi connectivity index (χ2n) is 3.96. The molecule has 3 N–H and O–H groups in total. The molecule has 1 aliphatic rings. The van der Waals surface area contributed by atoms with Gasteiger partial charge in [0.25, 0.3) is 5.91 Å². The third kappa shape index (κ3) is 1.99. The monoisotopic (exact) mass is 224 g/mol. The molecule has 1 aromatic carbocycles. The minimum Gasteiger partial charge on any atom is -0.507 e. The fraction of sp³-hybridized carbons (Fsp3) is 0.364. The average Bonchev–Trinajstić information content (AvgIpc) is 2.67. The summed E-state index contributed by atoms with van der Waals surface area (Å²) < 4.78 is 13.0. The molecule has 0 spiro atoms. The Bertz CT molecular complexity index is 422. The molecule has 1 fully saturated rings. The van der Waals surface area contributed by atoms with Crippen LogP contribution in [-0.4, -0.2) is 35.0 Å². The molecule has 1 saturated heterocycles. The molecule has 2 rings (SSSR count). The first-order valence-corrected chi connectivity index (χ1v) is 5.11. The van der Waals surface area contributed by atoms with Gasteiger partial charge in [-0.2, -0.15) is 0 Å². The van der Waals surface area contributed by atoms with Gasteiger partial charge in [0.2, 0.25) is 0 Å². The topological polar surface area (TPSA) is 66.6 Å². The number of phenols is 1. The molecule has 0 saturated carbocycles. The Morgan fingerprint density at radius 1 is 1.56 bits per heavy atom. The zero-order valence-corrected chi connectivity index (χ0v) is 8.69. The van der Waals surface area contributed by atoms with Gasteiger partial charge in [0.15, 0.2) is 0 Å². The van der Waals surface area contributed by atoms with E-state index >= 15 is 0 Å². The number of hydrogen-bond donors (Lipinski definition) is 2. The van der Waals surface area contributed by atoms with Gasteiger partial charge in [-0.05, 0) is 24.6 Å². The maximum atomic E-state index is 13.0. The SMILES string of the molecule is N[C@H]1CCN(C(=O)c2cc(F)ccc2O)C1. The predicted octanol–water partition coefficient (Wildman–Crippen LogP) is 0.704. The van der Waals surface area contributed by atoms with Crippen LogP contribution in [0.25, 0.3) is 0 Å². The molecular formula is C11H13FN2O2. The van der Waals surface area contributed by atoms with Gasteiger partial charge in [-0.15, -0.1) is 0 Å². The maximum Gasteiger partial charge on any atom is 0.257 e. The number of halogens is 1. The van der Waals surface area contributed by atoms with Gasteiger partial charge >= 0.3 is 0 Å². The van der Waals surface area contributed by atoms with E-state index in [4.69, 9.17) is 5.73 Å². The molecule has 5 heteroatoms. The van der Waals surface area contributed by atoms with Crippen molar-refractivity contribution in [2.45, 2.75) is 12.5 Å². The van der Waals surface area contributed by atoms with E-state index in [1.165, 1.54) is 11.0 Å². The van der Waals surface area contributed by atoms with Gasteiger partial charge in [-0.25, -0.2) is 4.39 Å². The van der Waals surface area contributed by atoms with Crippen molar-refractivity contribution in [3.8, 4) is 5.75 Å². The summed E-state index contributed by atoms with van der Waals surface area (Å²) in [6.07, 6.45) is 0.738. The summed E-state index contributed by atoms with van der Waals surface area (Å²) in [5.41, 5.74) is 5.67. The van der Waals surface area contributed by atoms with Crippen molar-refractivity contribution in [2.75, 3.05) is 13.1 Å². The van der Waals surface area contributed by atoms with Gasteiger partial charge in [0, 0.05) is 19.1 Å². The van der Waals surface area contributed by atoms with E-state index in [1.54, 1.807) is 0 Å². The van der Waals surface area contributed by atoms with Crippen molar-refractivity contribution in [1.82, 2.24) is 4.90 Å². The summed E-state index contributed by atoms with van der Waals surface area (Å²) in [4.78, 5) is 13.4. The van der Waals surface area contributed by atoms with E-state index in [-0.39, 0.29) is 23.3 Å². The Balaban J connectivity index is 2.23. The molecule has 0 bridgehead atoms. The Labute approximate surface area is 92.5 Å². The number of carbonyl (C=O) groups is 1. The van der Waals surface area contributed by atoms with Crippen LogP contribution in [0, 0.1) is 5.82 Å². The highest BCUT2D eigenvalue weighted by Crippen LogP contribution is 2.21. The van der Waals surface area contributed by atoms with E-state index in [2.05, 4.69) is 0 Å². The molecule has 86 valence electrons. The van der Waals surface area contributed by atoms with Crippen LogP contribution >= 0.6 is 0 Å². The van der Waals surface area contributed by atoms with E-state index in [0.29, 0.717) is 13.1 Å². The van der Waals surface area contributed by atoms with Crippen molar-refractivity contribution in [3.63, 3.8) is 0 Å². The minimum absolute atomic E-state index is 0.00546. The predicted molar refractivity (Wildman–Crippen MR) is 56.6 cm³/mol. The summed E-state index contributed by atoms with van der Waals surface area (Å²) in [7, 11) is 0. The summed E-state index contributed by atoms with van der Waals surface area (Å²) in [5, 5.41) is 9.49. The Morgan fingerprint density at radius 3 is 2.94 bits per heavy atom. The van der Waals surface area contributed by atoms with Crippen LogP contribution in [-0.2, 0) is 0 Å².